The first-order chi connectivity index (χ1) is 10.8. The van der Waals surface area contributed by atoms with E-state index in [1.807, 2.05) is 0 Å². The van der Waals surface area contributed by atoms with Crippen molar-refractivity contribution in [3.05, 3.63) is 41.9 Å². The predicted molar refractivity (Wildman–Crippen MR) is 82.7 cm³/mol. The molecule has 2 atom stereocenters. The molecule has 8 heteroatoms. The largest absolute Gasteiger partial charge is 0.506 e. The van der Waals surface area contributed by atoms with Crippen molar-refractivity contribution in [2.75, 3.05) is 5.32 Å². The lowest BCUT2D eigenvalue weighted by molar-refractivity contribution is 0.0994. The second-order valence-electron chi connectivity index (χ2n) is 5.70. The van der Waals surface area contributed by atoms with E-state index in [9.17, 15) is 18.3 Å². The molecular formula is C15H16N2O5S. The van der Waals surface area contributed by atoms with Gasteiger partial charge in [0.1, 0.15) is 11.5 Å². The highest BCUT2D eigenvalue weighted by atomic mass is 32.2. The number of phenolic OH excluding ortho intramolecular Hbond substituents is 1. The molecule has 0 spiro atoms. The Morgan fingerprint density at radius 1 is 1.35 bits per heavy atom. The lowest BCUT2D eigenvalue weighted by Gasteiger charge is -2.07. The summed E-state index contributed by atoms with van der Waals surface area (Å²) in [6.07, 6.45) is 1.03. The average Bonchev–Trinajstić information content (AvgIpc) is 3.00. The number of aromatic hydroxyl groups is 1. The first-order valence-electron chi connectivity index (χ1n) is 7.02. The monoisotopic (exact) mass is 336 g/mol. The maximum absolute atomic E-state index is 12.2. The molecule has 1 aliphatic rings. The summed E-state index contributed by atoms with van der Waals surface area (Å²) in [5.74, 6) is 0.896. The molecule has 1 aliphatic carbocycles. The number of amides is 1. The van der Waals surface area contributed by atoms with Crippen molar-refractivity contribution in [1.29, 1.82) is 0 Å². The summed E-state index contributed by atoms with van der Waals surface area (Å²) < 4.78 is 28.2. The van der Waals surface area contributed by atoms with Crippen LogP contribution in [0.5, 0.6) is 5.75 Å². The second kappa shape index (κ2) is 5.39. The Kier molecular flexibility index (Phi) is 3.65. The third-order valence-electron chi connectivity index (χ3n) is 3.87. The minimum Gasteiger partial charge on any atom is -0.506 e. The van der Waals surface area contributed by atoms with Gasteiger partial charge in [-0.15, -0.1) is 0 Å². The fourth-order valence-electron chi connectivity index (χ4n) is 2.37. The van der Waals surface area contributed by atoms with Gasteiger partial charge in [0.25, 0.3) is 5.91 Å². The number of hydrogen-bond acceptors (Lipinski definition) is 5. The highest BCUT2D eigenvalue weighted by molar-refractivity contribution is 7.89. The summed E-state index contributed by atoms with van der Waals surface area (Å²) >= 11 is 0. The summed E-state index contributed by atoms with van der Waals surface area (Å²) in [7, 11) is -3.93. The number of benzene rings is 1. The van der Waals surface area contributed by atoms with Gasteiger partial charge < -0.3 is 14.8 Å². The number of furan rings is 1. The van der Waals surface area contributed by atoms with Crippen molar-refractivity contribution in [2.24, 2.45) is 11.1 Å². The Morgan fingerprint density at radius 2 is 2.04 bits per heavy atom. The van der Waals surface area contributed by atoms with Gasteiger partial charge in [-0.2, -0.15) is 0 Å². The normalized spacial score (nSPS) is 20.3. The summed E-state index contributed by atoms with van der Waals surface area (Å²) in [4.78, 5) is 12.0. The Hall–Kier alpha value is -2.32. The van der Waals surface area contributed by atoms with Gasteiger partial charge in [0.05, 0.1) is 10.6 Å². The molecule has 0 bridgehead atoms. The topological polar surface area (TPSA) is 123 Å². The molecule has 1 aromatic carbocycles. The van der Waals surface area contributed by atoms with Crippen molar-refractivity contribution in [2.45, 2.75) is 24.2 Å². The smallest absolute Gasteiger partial charge is 0.291 e. The quantitative estimate of drug-likeness (QED) is 0.737. The van der Waals surface area contributed by atoms with E-state index < -0.39 is 15.9 Å². The van der Waals surface area contributed by atoms with Crippen LogP contribution in [0, 0.1) is 5.92 Å². The Morgan fingerprint density at radius 3 is 2.65 bits per heavy atom. The predicted octanol–water partition coefficient (Wildman–Crippen LogP) is 2.01. The van der Waals surface area contributed by atoms with Gasteiger partial charge in [0.2, 0.25) is 10.0 Å². The zero-order valence-corrected chi connectivity index (χ0v) is 13.1. The minimum atomic E-state index is -3.93. The van der Waals surface area contributed by atoms with Gasteiger partial charge >= 0.3 is 0 Å². The van der Waals surface area contributed by atoms with E-state index in [0.29, 0.717) is 11.8 Å². The summed E-state index contributed by atoms with van der Waals surface area (Å²) in [5.41, 5.74) is -0.0562. The molecule has 4 N–H and O–H groups in total. The van der Waals surface area contributed by atoms with Gasteiger partial charge in [-0.3, -0.25) is 4.79 Å². The van der Waals surface area contributed by atoms with E-state index in [2.05, 4.69) is 12.2 Å². The lowest BCUT2D eigenvalue weighted by atomic mass is 10.2. The number of rotatable bonds is 4. The number of sulfonamides is 1. The number of carbonyl (C=O) groups excluding carboxylic acids is 1. The van der Waals surface area contributed by atoms with Gasteiger partial charge in [0.15, 0.2) is 5.76 Å². The average molecular weight is 336 g/mol. The fourth-order valence-corrected chi connectivity index (χ4v) is 2.91. The van der Waals surface area contributed by atoms with E-state index >= 15 is 0 Å². The van der Waals surface area contributed by atoms with Crippen LogP contribution < -0.4 is 10.5 Å². The van der Waals surface area contributed by atoms with Crippen molar-refractivity contribution in [3.63, 3.8) is 0 Å². The van der Waals surface area contributed by atoms with Crippen LogP contribution in [-0.4, -0.2) is 19.4 Å². The molecule has 1 saturated carbocycles. The fraction of sp³-hybridized carbons (Fsp3) is 0.267. The highest BCUT2D eigenvalue weighted by Gasteiger charge is 2.37. The SMILES string of the molecule is CC1CC1c1ccc(C(=O)Nc2cc(S(N)(=O)=O)ccc2O)o1. The number of phenols is 1. The summed E-state index contributed by atoms with van der Waals surface area (Å²) in [6, 6.07) is 6.70. The molecular weight excluding hydrogens is 320 g/mol. The van der Waals surface area contributed by atoms with Crippen LogP contribution in [0.2, 0.25) is 0 Å². The third-order valence-corrected chi connectivity index (χ3v) is 4.78. The van der Waals surface area contributed by atoms with Crippen LogP contribution in [0.25, 0.3) is 0 Å². The molecule has 0 saturated heterocycles. The third kappa shape index (κ3) is 3.22. The molecule has 23 heavy (non-hydrogen) atoms. The number of nitrogens with two attached hydrogens (primary N) is 1. The van der Waals surface area contributed by atoms with Crippen molar-refractivity contribution < 1.29 is 22.7 Å². The molecule has 1 heterocycles. The number of hydrogen-bond donors (Lipinski definition) is 3. The maximum atomic E-state index is 12.2. The maximum Gasteiger partial charge on any atom is 0.291 e. The van der Waals surface area contributed by atoms with Gasteiger partial charge in [-0.1, -0.05) is 6.92 Å². The summed E-state index contributed by atoms with van der Waals surface area (Å²) in [6.45, 7) is 2.10. The molecule has 3 rings (SSSR count). The Balaban J connectivity index is 1.81. The van der Waals surface area contributed by atoms with E-state index in [1.54, 1.807) is 12.1 Å². The number of primary sulfonamides is 1. The number of carbonyl (C=O) groups is 1. The van der Waals surface area contributed by atoms with E-state index in [-0.39, 0.29) is 22.1 Å². The van der Waals surface area contributed by atoms with Crippen molar-refractivity contribution >= 4 is 21.6 Å². The molecule has 122 valence electrons. The molecule has 2 aromatic rings. The molecule has 1 fully saturated rings. The summed E-state index contributed by atoms with van der Waals surface area (Å²) in [5, 5.41) is 17.2. The van der Waals surface area contributed by atoms with Crippen LogP contribution >= 0.6 is 0 Å². The van der Waals surface area contributed by atoms with Crippen molar-refractivity contribution in [3.8, 4) is 5.75 Å². The first kappa shape index (κ1) is 15.6. The number of anilines is 1. The zero-order chi connectivity index (χ0) is 16.8. The van der Waals surface area contributed by atoms with Crippen molar-refractivity contribution in [1.82, 2.24) is 0 Å². The highest BCUT2D eigenvalue weighted by Crippen LogP contribution is 2.47. The second-order valence-corrected chi connectivity index (χ2v) is 7.26. The lowest BCUT2D eigenvalue weighted by Crippen LogP contribution is -2.14. The van der Waals surface area contributed by atoms with Gasteiger partial charge in [-0.05, 0) is 42.7 Å². The Labute approximate surface area is 133 Å². The van der Waals surface area contributed by atoms with Gasteiger partial charge in [0, 0.05) is 5.92 Å². The van der Waals surface area contributed by atoms with Gasteiger partial charge in [-0.25, -0.2) is 13.6 Å². The van der Waals surface area contributed by atoms with Crippen LogP contribution in [-0.2, 0) is 10.0 Å². The standard InChI is InChI=1S/C15H16N2O5S/c1-8-6-10(8)13-4-5-14(22-13)15(19)17-11-7-9(23(16,20)21)2-3-12(11)18/h2-5,7-8,10,18H,6H2,1H3,(H,17,19)(H2,16,20,21). The van der Waals surface area contributed by atoms with Crippen LogP contribution in [0.4, 0.5) is 5.69 Å². The van der Waals surface area contributed by atoms with E-state index in [0.717, 1.165) is 30.4 Å². The minimum absolute atomic E-state index is 0.0562. The molecule has 0 aliphatic heterocycles. The van der Waals surface area contributed by atoms with E-state index in [1.165, 1.54) is 0 Å². The van der Waals surface area contributed by atoms with E-state index in [4.69, 9.17) is 9.56 Å². The molecule has 0 radical (unpaired) electrons. The zero-order valence-electron chi connectivity index (χ0n) is 12.3. The molecule has 1 aromatic heterocycles. The molecule has 1 amide bonds. The molecule has 2 unspecified atom stereocenters. The van der Waals surface area contributed by atoms with Crippen LogP contribution in [0.15, 0.2) is 39.6 Å². The first-order valence-corrected chi connectivity index (χ1v) is 8.57. The van der Waals surface area contributed by atoms with Crippen LogP contribution in [0.3, 0.4) is 0 Å². The Bertz CT molecular complexity index is 872. The molecule has 7 nitrogen and oxygen atoms in total. The number of nitrogens with one attached hydrogen (secondary N) is 1. The van der Waals surface area contributed by atoms with Crippen LogP contribution in [0.1, 0.15) is 35.6 Å².